The van der Waals surface area contributed by atoms with Crippen LogP contribution in [0.1, 0.15) is 37.3 Å². The van der Waals surface area contributed by atoms with Crippen LogP contribution in [-0.2, 0) is 26.0 Å². The number of hydrogen-bond acceptors (Lipinski definition) is 4. The lowest BCUT2D eigenvalue weighted by Gasteiger charge is -2.27. The Morgan fingerprint density at radius 3 is 2.06 bits per heavy atom. The number of sulfonamides is 1. The van der Waals surface area contributed by atoms with Crippen LogP contribution < -0.4 is 4.90 Å². The molecule has 1 aliphatic heterocycles. The predicted octanol–water partition coefficient (Wildman–Crippen LogP) is 4.38. The largest absolute Gasteiger partial charge is 0.274 e. The highest BCUT2D eigenvalue weighted by atomic mass is 32.2. The van der Waals surface area contributed by atoms with E-state index in [9.17, 15) is 18.0 Å². The van der Waals surface area contributed by atoms with Crippen LogP contribution in [-0.4, -0.2) is 37.1 Å². The van der Waals surface area contributed by atoms with E-state index >= 15 is 0 Å². The molecule has 0 spiro atoms. The lowest BCUT2D eigenvalue weighted by Crippen LogP contribution is -2.46. The van der Waals surface area contributed by atoms with Gasteiger partial charge in [-0.3, -0.25) is 9.59 Å². The van der Waals surface area contributed by atoms with Gasteiger partial charge in [0, 0.05) is 6.54 Å². The Labute approximate surface area is 200 Å². The Morgan fingerprint density at radius 2 is 1.47 bits per heavy atom. The van der Waals surface area contributed by atoms with Crippen LogP contribution >= 0.6 is 0 Å². The lowest BCUT2D eigenvalue weighted by molar-refractivity contribution is -0.122. The van der Waals surface area contributed by atoms with Crippen molar-refractivity contribution in [2.24, 2.45) is 0 Å². The van der Waals surface area contributed by atoms with E-state index in [1.807, 2.05) is 42.5 Å². The number of amides is 2. The second-order valence-corrected chi connectivity index (χ2v) is 10.6. The van der Waals surface area contributed by atoms with Crippen LogP contribution in [0.5, 0.6) is 0 Å². The van der Waals surface area contributed by atoms with E-state index in [0.29, 0.717) is 18.0 Å². The summed E-state index contributed by atoms with van der Waals surface area (Å²) in [5, 5.41) is 0. The first-order valence-corrected chi connectivity index (χ1v) is 12.8. The minimum atomic E-state index is -4.00. The number of carbonyl (C=O) groups excluding carboxylic acids is 2. The molecule has 0 N–H and O–H groups in total. The van der Waals surface area contributed by atoms with Crippen molar-refractivity contribution in [3.8, 4) is 0 Å². The van der Waals surface area contributed by atoms with Crippen LogP contribution in [0, 0.1) is 0 Å². The van der Waals surface area contributed by atoms with Crippen LogP contribution in [0.2, 0.25) is 0 Å². The maximum Gasteiger partial charge on any atom is 0.252 e. The van der Waals surface area contributed by atoms with Crippen molar-refractivity contribution in [1.29, 1.82) is 0 Å². The van der Waals surface area contributed by atoms with Gasteiger partial charge >= 0.3 is 0 Å². The zero-order valence-corrected chi connectivity index (χ0v) is 20.1. The molecule has 176 valence electrons. The molecule has 3 aromatic rings. The molecule has 3 aromatic carbocycles. The molecule has 1 saturated heterocycles. The van der Waals surface area contributed by atoms with Crippen LogP contribution in [0.3, 0.4) is 0 Å². The van der Waals surface area contributed by atoms with Gasteiger partial charge in [0.2, 0.25) is 15.9 Å². The maximum atomic E-state index is 13.6. The highest BCUT2D eigenvalue weighted by Crippen LogP contribution is 2.30. The van der Waals surface area contributed by atoms with Gasteiger partial charge in [-0.25, -0.2) is 13.3 Å². The number of carbonyl (C=O) groups is 2. The summed E-state index contributed by atoms with van der Waals surface area (Å²) in [4.78, 5) is 27.6. The van der Waals surface area contributed by atoms with Gasteiger partial charge in [-0.05, 0) is 47.7 Å². The van der Waals surface area contributed by atoms with Gasteiger partial charge in [0.15, 0.2) is 0 Å². The van der Waals surface area contributed by atoms with Crippen molar-refractivity contribution < 1.29 is 18.0 Å². The van der Waals surface area contributed by atoms with Gasteiger partial charge in [-0.2, -0.15) is 4.31 Å². The first-order valence-electron chi connectivity index (χ1n) is 11.4. The summed E-state index contributed by atoms with van der Waals surface area (Å²) in [5.74, 6) is -0.605. The van der Waals surface area contributed by atoms with Gasteiger partial charge < -0.3 is 0 Å². The van der Waals surface area contributed by atoms with Gasteiger partial charge in [0.05, 0.1) is 17.0 Å². The topological polar surface area (TPSA) is 74.8 Å². The standard InChI is InChI=1S/C27H28N2O4S/c1-20(2)22-13-15-23(16-14-22)29-26(30)19-25(27(29)31)28(18-17-21-9-5-3-6-10-21)34(32,33)24-11-7-4-8-12-24/h3-16,20,25H,17-19H2,1-2H3. The molecule has 1 heterocycles. The molecule has 2 amide bonds. The average Bonchev–Trinajstić information content (AvgIpc) is 3.13. The van der Waals surface area contributed by atoms with E-state index in [0.717, 1.165) is 16.0 Å². The normalized spacial score (nSPS) is 16.6. The van der Waals surface area contributed by atoms with Crippen LogP contribution in [0.25, 0.3) is 0 Å². The van der Waals surface area contributed by atoms with Gasteiger partial charge in [0.25, 0.3) is 5.91 Å². The van der Waals surface area contributed by atoms with Crippen molar-refractivity contribution in [3.05, 3.63) is 96.1 Å². The maximum absolute atomic E-state index is 13.6. The van der Waals surface area contributed by atoms with E-state index in [1.54, 1.807) is 30.3 Å². The quantitative estimate of drug-likeness (QED) is 0.453. The first kappa shape index (κ1) is 23.9. The van der Waals surface area contributed by atoms with E-state index in [1.165, 1.54) is 16.4 Å². The number of benzene rings is 3. The molecule has 1 fully saturated rings. The summed E-state index contributed by atoms with van der Waals surface area (Å²) >= 11 is 0. The van der Waals surface area contributed by atoms with Crippen LogP contribution in [0.15, 0.2) is 89.8 Å². The highest BCUT2D eigenvalue weighted by Gasteiger charge is 2.46. The van der Waals surface area contributed by atoms with Crippen molar-refractivity contribution in [2.75, 3.05) is 11.4 Å². The Bertz CT molecular complexity index is 1260. The number of nitrogens with zero attached hydrogens (tertiary/aromatic N) is 2. The fourth-order valence-electron chi connectivity index (χ4n) is 4.18. The second-order valence-electron chi connectivity index (χ2n) is 8.70. The van der Waals surface area contributed by atoms with Crippen molar-refractivity contribution >= 4 is 27.5 Å². The van der Waals surface area contributed by atoms with Crippen molar-refractivity contribution in [3.63, 3.8) is 0 Å². The number of anilines is 1. The van der Waals surface area contributed by atoms with Crippen molar-refractivity contribution in [2.45, 2.75) is 43.5 Å². The number of hydrogen-bond donors (Lipinski definition) is 0. The molecule has 1 unspecified atom stereocenters. The van der Waals surface area contributed by atoms with E-state index < -0.39 is 27.9 Å². The SMILES string of the molecule is CC(C)c1ccc(N2C(=O)CC(N(CCc3ccccc3)S(=O)(=O)c3ccccc3)C2=O)cc1. The summed E-state index contributed by atoms with van der Waals surface area (Å²) in [6.07, 6.45) is 0.236. The third-order valence-corrected chi connectivity index (χ3v) is 8.02. The summed E-state index contributed by atoms with van der Waals surface area (Å²) < 4.78 is 28.4. The van der Waals surface area contributed by atoms with Gasteiger partial charge in [0.1, 0.15) is 6.04 Å². The molecule has 0 aliphatic carbocycles. The zero-order valence-electron chi connectivity index (χ0n) is 19.3. The van der Waals surface area contributed by atoms with Crippen molar-refractivity contribution in [1.82, 2.24) is 4.31 Å². The molecular weight excluding hydrogens is 448 g/mol. The average molecular weight is 477 g/mol. The molecule has 0 radical (unpaired) electrons. The molecule has 34 heavy (non-hydrogen) atoms. The second kappa shape index (κ2) is 9.91. The Morgan fingerprint density at radius 1 is 0.882 bits per heavy atom. The van der Waals surface area contributed by atoms with Gasteiger partial charge in [-0.15, -0.1) is 0 Å². The molecule has 1 atom stereocenters. The summed E-state index contributed by atoms with van der Waals surface area (Å²) in [6.45, 7) is 4.22. The molecule has 7 heteroatoms. The van der Waals surface area contributed by atoms with E-state index in [-0.39, 0.29) is 17.9 Å². The molecule has 0 bridgehead atoms. The number of imide groups is 1. The van der Waals surface area contributed by atoms with E-state index in [2.05, 4.69) is 13.8 Å². The minimum Gasteiger partial charge on any atom is -0.274 e. The molecule has 6 nitrogen and oxygen atoms in total. The Balaban J connectivity index is 1.66. The molecule has 0 saturated carbocycles. The van der Waals surface area contributed by atoms with Gasteiger partial charge in [-0.1, -0.05) is 74.5 Å². The minimum absolute atomic E-state index is 0.0883. The Hall–Kier alpha value is -3.29. The fraction of sp³-hybridized carbons (Fsp3) is 0.259. The fourth-order valence-corrected chi connectivity index (χ4v) is 5.78. The zero-order chi connectivity index (χ0) is 24.3. The lowest BCUT2D eigenvalue weighted by atomic mass is 10.0. The third-order valence-electron chi connectivity index (χ3n) is 6.10. The summed E-state index contributed by atoms with van der Waals surface area (Å²) in [6, 6.07) is 23.7. The first-order chi connectivity index (χ1) is 16.3. The summed E-state index contributed by atoms with van der Waals surface area (Å²) in [5.41, 5.74) is 2.51. The highest BCUT2D eigenvalue weighted by molar-refractivity contribution is 7.89. The monoisotopic (exact) mass is 476 g/mol. The molecular formula is C27H28N2O4S. The molecule has 0 aromatic heterocycles. The van der Waals surface area contributed by atoms with E-state index in [4.69, 9.17) is 0 Å². The summed E-state index contributed by atoms with van der Waals surface area (Å²) in [7, 11) is -4.00. The van der Waals surface area contributed by atoms with Crippen LogP contribution in [0.4, 0.5) is 5.69 Å². The number of rotatable bonds is 8. The molecule has 1 aliphatic rings. The smallest absolute Gasteiger partial charge is 0.252 e. The third kappa shape index (κ3) is 4.81. The predicted molar refractivity (Wildman–Crippen MR) is 132 cm³/mol. The Kier molecular flexibility index (Phi) is 6.95. The molecule has 4 rings (SSSR count).